The molecule has 1 aromatic heterocycles. The van der Waals surface area contributed by atoms with Crippen molar-refractivity contribution < 1.29 is 13.9 Å². The standard InChI is InChI=1S/C12H17F2N3O/c1-7-4-10-9(5-15-7)11-12(13,14)3-2-8(18)6-17(11)16-10/h7-8,15,18H,2-6H2,1H3/t7-,8?/m1/s1. The minimum Gasteiger partial charge on any atom is -0.391 e. The van der Waals surface area contributed by atoms with Crippen LogP contribution in [0.5, 0.6) is 0 Å². The normalized spacial score (nSPS) is 30.4. The molecule has 6 heteroatoms. The highest BCUT2D eigenvalue weighted by molar-refractivity contribution is 5.32. The Labute approximate surface area is 104 Å². The molecule has 0 saturated carbocycles. The number of rotatable bonds is 0. The van der Waals surface area contributed by atoms with Crippen LogP contribution < -0.4 is 5.32 Å². The molecule has 3 rings (SSSR count). The minimum atomic E-state index is -2.89. The Morgan fingerprint density at radius 1 is 1.50 bits per heavy atom. The van der Waals surface area contributed by atoms with Gasteiger partial charge < -0.3 is 10.4 Å². The maximum Gasteiger partial charge on any atom is 0.289 e. The molecule has 0 aliphatic carbocycles. The Hall–Kier alpha value is -1.01. The van der Waals surface area contributed by atoms with Crippen molar-refractivity contribution >= 4 is 0 Å². The lowest BCUT2D eigenvalue weighted by atomic mass is 9.98. The van der Waals surface area contributed by atoms with Crippen molar-refractivity contribution in [1.29, 1.82) is 0 Å². The summed E-state index contributed by atoms with van der Waals surface area (Å²) in [6, 6.07) is 0.259. The van der Waals surface area contributed by atoms with Gasteiger partial charge in [0.2, 0.25) is 0 Å². The summed E-state index contributed by atoms with van der Waals surface area (Å²) in [7, 11) is 0. The molecular weight excluding hydrogens is 240 g/mol. The van der Waals surface area contributed by atoms with Crippen molar-refractivity contribution in [2.24, 2.45) is 0 Å². The fourth-order valence-corrected chi connectivity index (χ4v) is 2.84. The van der Waals surface area contributed by atoms with Gasteiger partial charge in [-0.15, -0.1) is 0 Å². The lowest BCUT2D eigenvalue weighted by Gasteiger charge is -2.22. The van der Waals surface area contributed by atoms with E-state index in [9.17, 15) is 13.9 Å². The van der Waals surface area contributed by atoms with E-state index in [1.165, 1.54) is 4.68 Å². The lowest BCUT2D eigenvalue weighted by molar-refractivity contribution is -0.0245. The summed E-state index contributed by atoms with van der Waals surface area (Å²) < 4.78 is 29.6. The molecule has 100 valence electrons. The Balaban J connectivity index is 2.10. The van der Waals surface area contributed by atoms with Crippen molar-refractivity contribution in [2.45, 2.75) is 57.3 Å². The zero-order valence-electron chi connectivity index (χ0n) is 10.3. The van der Waals surface area contributed by atoms with Gasteiger partial charge in [0.15, 0.2) is 0 Å². The van der Waals surface area contributed by atoms with Crippen LogP contribution in [-0.2, 0) is 25.4 Å². The average Bonchev–Trinajstić information content (AvgIpc) is 2.59. The summed E-state index contributed by atoms with van der Waals surface area (Å²) in [5.41, 5.74) is 1.39. The van der Waals surface area contributed by atoms with Gasteiger partial charge in [0.05, 0.1) is 18.3 Å². The zero-order chi connectivity index (χ0) is 12.9. The van der Waals surface area contributed by atoms with Gasteiger partial charge >= 0.3 is 0 Å². The number of hydrogen-bond donors (Lipinski definition) is 2. The number of fused-ring (bicyclic) bond motifs is 3. The number of nitrogens with zero attached hydrogens (tertiary/aromatic N) is 2. The smallest absolute Gasteiger partial charge is 0.289 e. The Morgan fingerprint density at radius 2 is 2.28 bits per heavy atom. The van der Waals surface area contributed by atoms with Crippen LogP contribution in [0, 0.1) is 0 Å². The first-order valence-electron chi connectivity index (χ1n) is 6.35. The quantitative estimate of drug-likeness (QED) is 0.733. The van der Waals surface area contributed by atoms with Gasteiger partial charge in [-0.2, -0.15) is 13.9 Å². The largest absolute Gasteiger partial charge is 0.391 e. The maximum absolute atomic E-state index is 14.1. The van der Waals surface area contributed by atoms with Crippen molar-refractivity contribution in [3.05, 3.63) is 17.0 Å². The average molecular weight is 257 g/mol. The van der Waals surface area contributed by atoms with Crippen LogP contribution in [-0.4, -0.2) is 27.0 Å². The van der Waals surface area contributed by atoms with Crippen molar-refractivity contribution in [1.82, 2.24) is 15.1 Å². The fourth-order valence-electron chi connectivity index (χ4n) is 2.84. The Bertz CT molecular complexity index is 472. The van der Waals surface area contributed by atoms with E-state index in [2.05, 4.69) is 10.4 Å². The van der Waals surface area contributed by atoms with E-state index in [-0.39, 0.29) is 31.1 Å². The van der Waals surface area contributed by atoms with Crippen LogP contribution in [0.15, 0.2) is 0 Å². The van der Waals surface area contributed by atoms with Gasteiger partial charge in [-0.25, -0.2) is 0 Å². The fraction of sp³-hybridized carbons (Fsp3) is 0.750. The summed E-state index contributed by atoms with van der Waals surface area (Å²) in [5.74, 6) is -2.89. The van der Waals surface area contributed by atoms with Gasteiger partial charge in [-0.05, 0) is 13.3 Å². The number of alkyl halides is 2. The van der Waals surface area contributed by atoms with Crippen LogP contribution >= 0.6 is 0 Å². The predicted octanol–water partition coefficient (Wildman–Crippen LogP) is 1.16. The molecule has 0 amide bonds. The maximum atomic E-state index is 14.1. The highest BCUT2D eigenvalue weighted by atomic mass is 19.3. The molecule has 1 unspecified atom stereocenters. The summed E-state index contributed by atoms with van der Waals surface area (Å²) in [4.78, 5) is 0. The molecule has 2 aliphatic rings. The topological polar surface area (TPSA) is 50.1 Å². The van der Waals surface area contributed by atoms with E-state index < -0.39 is 12.0 Å². The van der Waals surface area contributed by atoms with E-state index in [0.29, 0.717) is 18.5 Å². The molecule has 0 saturated heterocycles. The molecule has 2 N–H and O–H groups in total. The number of nitrogens with one attached hydrogen (secondary N) is 1. The zero-order valence-corrected chi connectivity index (χ0v) is 10.3. The van der Waals surface area contributed by atoms with Gasteiger partial charge in [-0.3, -0.25) is 4.68 Å². The SMILES string of the molecule is C[C@@H]1Cc2nn3c(c2CN1)C(F)(F)CCC(O)C3. The van der Waals surface area contributed by atoms with E-state index in [0.717, 1.165) is 5.69 Å². The van der Waals surface area contributed by atoms with Gasteiger partial charge in [0.1, 0.15) is 5.69 Å². The molecule has 2 aliphatic heterocycles. The third-order valence-corrected chi connectivity index (χ3v) is 3.78. The van der Waals surface area contributed by atoms with Crippen molar-refractivity contribution in [2.75, 3.05) is 0 Å². The second kappa shape index (κ2) is 3.99. The number of aliphatic hydroxyl groups is 1. The number of aromatic nitrogens is 2. The first-order valence-corrected chi connectivity index (χ1v) is 6.35. The summed E-state index contributed by atoms with van der Waals surface area (Å²) in [6.07, 6.45) is -0.248. The monoisotopic (exact) mass is 257 g/mol. The number of aliphatic hydroxyl groups excluding tert-OH is 1. The second-order valence-corrected chi connectivity index (χ2v) is 5.34. The molecule has 18 heavy (non-hydrogen) atoms. The van der Waals surface area contributed by atoms with Crippen LogP contribution in [0.3, 0.4) is 0 Å². The molecule has 0 fully saturated rings. The number of hydrogen-bond acceptors (Lipinski definition) is 3. The van der Waals surface area contributed by atoms with E-state index >= 15 is 0 Å². The first-order chi connectivity index (χ1) is 8.47. The minimum absolute atomic E-state index is 0.00782. The molecule has 3 heterocycles. The molecule has 4 nitrogen and oxygen atoms in total. The van der Waals surface area contributed by atoms with Gasteiger partial charge in [-0.1, -0.05) is 0 Å². The molecule has 0 bridgehead atoms. The van der Waals surface area contributed by atoms with Crippen LogP contribution in [0.4, 0.5) is 8.78 Å². The highest BCUT2D eigenvalue weighted by Crippen LogP contribution is 2.39. The van der Waals surface area contributed by atoms with Crippen LogP contribution in [0.1, 0.15) is 36.7 Å². The summed E-state index contributed by atoms with van der Waals surface area (Å²) in [6.45, 7) is 2.63. The van der Waals surface area contributed by atoms with Crippen molar-refractivity contribution in [3.8, 4) is 0 Å². The molecule has 0 aromatic carbocycles. The Kier molecular flexibility index (Phi) is 2.67. The van der Waals surface area contributed by atoms with E-state index in [1.807, 2.05) is 6.92 Å². The summed E-state index contributed by atoms with van der Waals surface area (Å²) >= 11 is 0. The van der Waals surface area contributed by atoms with E-state index in [4.69, 9.17) is 0 Å². The van der Waals surface area contributed by atoms with Gasteiger partial charge in [0.25, 0.3) is 5.92 Å². The van der Waals surface area contributed by atoms with Crippen LogP contribution in [0.2, 0.25) is 0 Å². The van der Waals surface area contributed by atoms with Crippen LogP contribution in [0.25, 0.3) is 0 Å². The third kappa shape index (κ3) is 1.83. The lowest BCUT2D eigenvalue weighted by Crippen LogP contribution is -2.33. The van der Waals surface area contributed by atoms with Crippen molar-refractivity contribution in [3.63, 3.8) is 0 Å². The second-order valence-electron chi connectivity index (χ2n) is 5.34. The highest BCUT2D eigenvalue weighted by Gasteiger charge is 2.42. The Morgan fingerprint density at radius 3 is 3.06 bits per heavy atom. The number of halogens is 2. The van der Waals surface area contributed by atoms with Gasteiger partial charge in [0, 0.05) is 31.0 Å². The molecule has 1 aromatic rings. The molecule has 2 atom stereocenters. The molecule has 0 radical (unpaired) electrons. The third-order valence-electron chi connectivity index (χ3n) is 3.78. The first kappa shape index (κ1) is 12.0. The molecular formula is C12H17F2N3O. The summed E-state index contributed by atoms with van der Waals surface area (Å²) in [5, 5.41) is 17.2. The van der Waals surface area contributed by atoms with E-state index in [1.54, 1.807) is 0 Å². The molecule has 0 spiro atoms. The predicted molar refractivity (Wildman–Crippen MR) is 61.4 cm³/mol.